The maximum Gasteiger partial charge on any atom is 0.247 e. The molecule has 2 aromatic heterocycles. The molecule has 158 valence electrons. The smallest absolute Gasteiger partial charge is 0.247 e. The average Bonchev–Trinajstić information content (AvgIpc) is 3.40. The Hall–Kier alpha value is -3.78. The Kier molecular flexibility index (Phi) is 5.05. The monoisotopic (exact) mass is 417 g/mol. The van der Waals surface area contributed by atoms with Crippen molar-refractivity contribution in [3.8, 4) is 28.5 Å². The molecule has 0 amide bonds. The number of rotatable bonds is 7. The Bertz CT molecular complexity index is 1200. The van der Waals surface area contributed by atoms with E-state index >= 15 is 0 Å². The van der Waals surface area contributed by atoms with E-state index in [1.165, 1.54) is 0 Å². The maximum absolute atomic E-state index is 5.74. The van der Waals surface area contributed by atoms with Gasteiger partial charge in [0, 0.05) is 17.8 Å². The largest absolute Gasteiger partial charge is 0.492 e. The minimum Gasteiger partial charge on any atom is -0.492 e. The zero-order valence-corrected chi connectivity index (χ0v) is 17.4. The van der Waals surface area contributed by atoms with Crippen molar-refractivity contribution >= 4 is 17.3 Å². The molecule has 0 fully saturated rings. The summed E-state index contributed by atoms with van der Waals surface area (Å²) in [6.07, 6.45) is 0. The van der Waals surface area contributed by atoms with Gasteiger partial charge in [-0.1, -0.05) is 6.07 Å². The highest BCUT2D eigenvalue weighted by Gasteiger charge is 2.16. The van der Waals surface area contributed by atoms with E-state index in [0.29, 0.717) is 12.6 Å². The fraction of sp³-hybridized carbons (Fsp3) is 0.217. The first-order valence-electron chi connectivity index (χ1n) is 10.1. The van der Waals surface area contributed by atoms with Crippen LogP contribution in [0.4, 0.5) is 11.6 Å². The quantitative estimate of drug-likeness (QED) is 0.490. The van der Waals surface area contributed by atoms with Crippen molar-refractivity contribution in [3.05, 3.63) is 60.7 Å². The Morgan fingerprint density at radius 1 is 1.03 bits per heavy atom. The summed E-state index contributed by atoms with van der Waals surface area (Å²) in [5.74, 6) is 2.85. The van der Waals surface area contributed by atoms with Gasteiger partial charge in [0.2, 0.25) is 12.7 Å². The van der Waals surface area contributed by atoms with Crippen LogP contribution >= 0.6 is 0 Å². The molecule has 4 aromatic rings. The summed E-state index contributed by atoms with van der Waals surface area (Å²) in [5, 5.41) is 7.92. The van der Waals surface area contributed by atoms with Crippen LogP contribution in [0.3, 0.4) is 0 Å². The van der Waals surface area contributed by atoms with E-state index in [0.717, 1.165) is 46.4 Å². The van der Waals surface area contributed by atoms with Crippen molar-refractivity contribution in [1.29, 1.82) is 0 Å². The SMILES string of the molecule is CN(C)CCOc1ccc(Nc2nc3cccc(-c4ccc5c(c4)OCO5)n3n2)cc1. The second-order valence-electron chi connectivity index (χ2n) is 7.49. The molecule has 0 spiro atoms. The summed E-state index contributed by atoms with van der Waals surface area (Å²) in [6.45, 7) is 1.77. The summed E-state index contributed by atoms with van der Waals surface area (Å²) in [5.41, 5.74) is 3.54. The third-order valence-electron chi connectivity index (χ3n) is 4.95. The van der Waals surface area contributed by atoms with Crippen molar-refractivity contribution in [2.75, 3.05) is 39.4 Å². The predicted molar refractivity (Wildman–Crippen MR) is 118 cm³/mol. The molecule has 0 aliphatic carbocycles. The first-order chi connectivity index (χ1) is 15.2. The zero-order valence-electron chi connectivity index (χ0n) is 17.4. The molecule has 31 heavy (non-hydrogen) atoms. The molecule has 2 aromatic carbocycles. The Morgan fingerprint density at radius 2 is 1.87 bits per heavy atom. The van der Waals surface area contributed by atoms with Gasteiger partial charge in [-0.05, 0) is 68.7 Å². The van der Waals surface area contributed by atoms with Gasteiger partial charge in [-0.25, -0.2) is 4.52 Å². The normalized spacial score (nSPS) is 12.5. The van der Waals surface area contributed by atoms with Gasteiger partial charge in [-0.2, -0.15) is 4.98 Å². The molecule has 8 nitrogen and oxygen atoms in total. The van der Waals surface area contributed by atoms with Crippen molar-refractivity contribution in [3.63, 3.8) is 0 Å². The van der Waals surface area contributed by atoms with Crippen LogP contribution in [0.2, 0.25) is 0 Å². The lowest BCUT2D eigenvalue weighted by Gasteiger charge is -2.11. The van der Waals surface area contributed by atoms with Crippen LogP contribution in [0.5, 0.6) is 17.2 Å². The number of pyridine rings is 1. The van der Waals surface area contributed by atoms with Gasteiger partial charge in [0.05, 0.1) is 5.69 Å². The van der Waals surface area contributed by atoms with E-state index in [9.17, 15) is 0 Å². The minimum atomic E-state index is 0.250. The number of anilines is 2. The number of hydrogen-bond donors (Lipinski definition) is 1. The van der Waals surface area contributed by atoms with E-state index in [-0.39, 0.29) is 6.79 Å². The van der Waals surface area contributed by atoms with Crippen LogP contribution in [-0.4, -0.2) is 53.5 Å². The number of hydrogen-bond acceptors (Lipinski definition) is 7. The van der Waals surface area contributed by atoms with Gasteiger partial charge in [-0.3, -0.25) is 0 Å². The third-order valence-corrected chi connectivity index (χ3v) is 4.95. The standard InChI is InChI=1S/C23H23N5O3/c1-27(2)12-13-29-18-9-7-17(8-10-18)24-23-25-22-5-3-4-19(28(22)26-23)16-6-11-20-21(14-16)31-15-30-20/h3-11,14H,12-13,15H2,1-2H3,(H,24,26). The van der Waals surface area contributed by atoms with Crippen LogP contribution in [-0.2, 0) is 0 Å². The summed E-state index contributed by atoms with van der Waals surface area (Å²) < 4.78 is 18.5. The van der Waals surface area contributed by atoms with Crippen molar-refractivity contribution in [2.24, 2.45) is 0 Å². The van der Waals surface area contributed by atoms with Gasteiger partial charge in [-0.15, -0.1) is 5.10 Å². The van der Waals surface area contributed by atoms with Crippen LogP contribution in [0.1, 0.15) is 0 Å². The summed E-state index contributed by atoms with van der Waals surface area (Å²) in [4.78, 5) is 6.69. The molecular formula is C23H23N5O3. The lowest BCUT2D eigenvalue weighted by atomic mass is 10.1. The van der Waals surface area contributed by atoms with Crippen LogP contribution < -0.4 is 19.5 Å². The second kappa shape index (κ2) is 8.16. The van der Waals surface area contributed by atoms with Gasteiger partial charge in [0.15, 0.2) is 17.1 Å². The summed E-state index contributed by atoms with van der Waals surface area (Å²) in [7, 11) is 4.05. The summed E-state index contributed by atoms with van der Waals surface area (Å²) in [6, 6.07) is 19.5. The average molecular weight is 417 g/mol. The predicted octanol–water partition coefficient (Wildman–Crippen LogP) is 3.81. The lowest BCUT2D eigenvalue weighted by molar-refractivity contribution is 0.174. The van der Waals surface area contributed by atoms with E-state index in [4.69, 9.17) is 14.2 Å². The van der Waals surface area contributed by atoms with E-state index in [1.807, 2.05) is 79.3 Å². The lowest BCUT2D eigenvalue weighted by Crippen LogP contribution is -2.19. The topological polar surface area (TPSA) is 73.2 Å². The molecule has 3 heterocycles. The number of ether oxygens (including phenoxy) is 3. The number of nitrogens with zero attached hydrogens (tertiary/aromatic N) is 4. The van der Waals surface area contributed by atoms with E-state index < -0.39 is 0 Å². The second-order valence-corrected chi connectivity index (χ2v) is 7.49. The molecule has 0 bridgehead atoms. The van der Waals surface area contributed by atoms with Gasteiger partial charge in [0.1, 0.15) is 12.4 Å². The van der Waals surface area contributed by atoms with Gasteiger partial charge in [0.25, 0.3) is 0 Å². The molecule has 0 saturated heterocycles. The first kappa shape index (κ1) is 19.2. The van der Waals surface area contributed by atoms with Crippen molar-refractivity contribution < 1.29 is 14.2 Å². The number of fused-ring (bicyclic) bond motifs is 2. The highest BCUT2D eigenvalue weighted by atomic mass is 16.7. The number of likely N-dealkylation sites (N-methyl/N-ethyl adjacent to an activating group) is 1. The van der Waals surface area contributed by atoms with Crippen molar-refractivity contribution in [2.45, 2.75) is 0 Å². The fourth-order valence-electron chi connectivity index (χ4n) is 3.34. The number of nitrogens with one attached hydrogen (secondary N) is 1. The van der Waals surface area contributed by atoms with Gasteiger partial charge >= 0.3 is 0 Å². The summed E-state index contributed by atoms with van der Waals surface area (Å²) >= 11 is 0. The van der Waals surface area contributed by atoms with Gasteiger partial charge < -0.3 is 24.4 Å². The third kappa shape index (κ3) is 4.10. The van der Waals surface area contributed by atoms with E-state index in [1.54, 1.807) is 0 Å². The highest BCUT2D eigenvalue weighted by Crippen LogP contribution is 2.36. The molecule has 0 radical (unpaired) electrons. The number of benzene rings is 2. The minimum absolute atomic E-state index is 0.250. The molecule has 0 unspecified atom stereocenters. The first-order valence-corrected chi connectivity index (χ1v) is 10.1. The number of aromatic nitrogens is 3. The molecular weight excluding hydrogens is 394 g/mol. The fourth-order valence-corrected chi connectivity index (χ4v) is 3.34. The van der Waals surface area contributed by atoms with Crippen LogP contribution in [0.25, 0.3) is 16.9 Å². The maximum atomic E-state index is 5.74. The Morgan fingerprint density at radius 3 is 2.71 bits per heavy atom. The molecule has 1 aliphatic heterocycles. The van der Waals surface area contributed by atoms with Crippen LogP contribution in [0, 0.1) is 0 Å². The molecule has 1 aliphatic rings. The Balaban J connectivity index is 1.35. The Labute approximate surface area is 180 Å². The zero-order chi connectivity index (χ0) is 21.2. The molecule has 1 N–H and O–H groups in total. The highest BCUT2D eigenvalue weighted by molar-refractivity contribution is 5.68. The molecule has 0 saturated carbocycles. The molecule has 8 heteroatoms. The van der Waals surface area contributed by atoms with Crippen LogP contribution in [0.15, 0.2) is 60.7 Å². The van der Waals surface area contributed by atoms with Crippen molar-refractivity contribution in [1.82, 2.24) is 19.5 Å². The van der Waals surface area contributed by atoms with E-state index in [2.05, 4.69) is 20.3 Å². The molecule has 0 atom stereocenters. The molecule has 5 rings (SSSR count).